The Morgan fingerprint density at radius 2 is 2.06 bits per heavy atom. The van der Waals surface area contributed by atoms with E-state index in [1.165, 1.54) is 13.2 Å². The minimum atomic E-state index is -0.710. The topological polar surface area (TPSA) is 62.6 Å². The zero-order valence-corrected chi connectivity index (χ0v) is 10.1. The summed E-state index contributed by atoms with van der Waals surface area (Å²) in [7, 11) is 1.50. The highest BCUT2D eigenvalue weighted by molar-refractivity contribution is 5.83. The Labute approximate surface area is 104 Å². The van der Waals surface area contributed by atoms with Gasteiger partial charge in [0.05, 0.1) is 18.4 Å². The fourth-order valence-corrected chi connectivity index (χ4v) is 2.54. The molecule has 0 saturated carbocycles. The Hall–Kier alpha value is -2.07. The van der Waals surface area contributed by atoms with Gasteiger partial charge < -0.3 is 14.9 Å². The summed E-state index contributed by atoms with van der Waals surface area (Å²) in [6, 6.07) is 5.10. The van der Waals surface area contributed by atoms with Crippen LogP contribution in [0.25, 0.3) is 11.3 Å². The van der Waals surface area contributed by atoms with Crippen LogP contribution in [0.4, 0.5) is 0 Å². The normalized spacial score (nSPS) is 16.3. The molecular weight excluding hydrogens is 230 g/mol. The molecule has 18 heavy (non-hydrogen) atoms. The van der Waals surface area contributed by atoms with Gasteiger partial charge in [0.1, 0.15) is 6.10 Å². The van der Waals surface area contributed by atoms with E-state index in [2.05, 4.69) is 4.98 Å². The summed E-state index contributed by atoms with van der Waals surface area (Å²) in [5.74, 6) is 0.419. The average molecular weight is 243 g/mol. The van der Waals surface area contributed by atoms with Crippen molar-refractivity contribution in [2.45, 2.75) is 13.0 Å². The van der Waals surface area contributed by atoms with Gasteiger partial charge in [0, 0.05) is 11.8 Å². The summed E-state index contributed by atoms with van der Waals surface area (Å²) in [4.78, 5) is 4.31. The summed E-state index contributed by atoms with van der Waals surface area (Å²) in [6.45, 7) is 1.93. The lowest BCUT2D eigenvalue weighted by molar-refractivity contribution is 0.224. The Bertz CT molecular complexity index is 637. The lowest BCUT2D eigenvalue weighted by Crippen LogP contribution is -1.97. The Balaban J connectivity index is 2.39. The minimum Gasteiger partial charge on any atom is -0.504 e. The molecule has 4 heteroatoms. The highest BCUT2D eigenvalue weighted by Crippen LogP contribution is 2.50. The molecule has 1 aliphatic rings. The standard InChI is InChI=1S/C14H13NO3/c1-7-5-6-15-12-10(7)13(17)8-3-4-9(16)14(18-2)11(8)12/h3-6,13,16-17H,1-2H3. The van der Waals surface area contributed by atoms with Gasteiger partial charge in [-0.1, -0.05) is 6.07 Å². The highest BCUT2D eigenvalue weighted by Gasteiger charge is 2.33. The van der Waals surface area contributed by atoms with Crippen LogP contribution in [0.15, 0.2) is 24.4 Å². The molecule has 0 amide bonds. The van der Waals surface area contributed by atoms with Crippen molar-refractivity contribution in [2.24, 2.45) is 0 Å². The first kappa shape index (κ1) is 11.0. The molecule has 0 radical (unpaired) electrons. The number of aliphatic hydroxyl groups excluding tert-OH is 1. The number of hydrogen-bond acceptors (Lipinski definition) is 4. The van der Waals surface area contributed by atoms with E-state index < -0.39 is 6.10 Å². The summed E-state index contributed by atoms with van der Waals surface area (Å²) in [5, 5.41) is 20.2. The number of ether oxygens (including phenoxy) is 1. The molecule has 1 aliphatic carbocycles. The van der Waals surface area contributed by atoms with Gasteiger partial charge in [-0.05, 0) is 30.2 Å². The van der Waals surface area contributed by atoms with E-state index in [4.69, 9.17) is 4.74 Å². The molecule has 1 aromatic heterocycles. The fourth-order valence-electron chi connectivity index (χ4n) is 2.54. The molecule has 1 aromatic carbocycles. The zero-order chi connectivity index (χ0) is 12.9. The van der Waals surface area contributed by atoms with Crippen LogP contribution in [0.5, 0.6) is 11.5 Å². The number of benzene rings is 1. The predicted octanol–water partition coefficient (Wildman–Crippen LogP) is 2.17. The van der Waals surface area contributed by atoms with E-state index in [9.17, 15) is 10.2 Å². The van der Waals surface area contributed by atoms with Crippen molar-refractivity contribution in [1.82, 2.24) is 4.98 Å². The van der Waals surface area contributed by atoms with E-state index >= 15 is 0 Å². The van der Waals surface area contributed by atoms with Crippen LogP contribution in [-0.2, 0) is 0 Å². The van der Waals surface area contributed by atoms with Crippen LogP contribution >= 0.6 is 0 Å². The lowest BCUT2D eigenvalue weighted by Gasteiger charge is -2.09. The second-order valence-corrected chi connectivity index (χ2v) is 4.37. The molecule has 0 fully saturated rings. The third-order valence-electron chi connectivity index (χ3n) is 3.39. The smallest absolute Gasteiger partial charge is 0.170 e. The summed E-state index contributed by atoms with van der Waals surface area (Å²) in [5.41, 5.74) is 3.86. The molecule has 92 valence electrons. The van der Waals surface area contributed by atoms with Gasteiger partial charge >= 0.3 is 0 Å². The monoisotopic (exact) mass is 243 g/mol. The van der Waals surface area contributed by atoms with Gasteiger partial charge in [-0.25, -0.2) is 0 Å². The molecule has 4 nitrogen and oxygen atoms in total. The largest absolute Gasteiger partial charge is 0.504 e. The molecule has 0 spiro atoms. The number of methoxy groups -OCH3 is 1. The first-order valence-electron chi connectivity index (χ1n) is 5.69. The van der Waals surface area contributed by atoms with E-state index in [1.54, 1.807) is 12.3 Å². The lowest BCUT2D eigenvalue weighted by atomic mass is 10.1. The maximum Gasteiger partial charge on any atom is 0.170 e. The number of aromatic nitrogens is 1. The number of phenolic OH excluding ortho intramolecular Hbond substituents is 1. The first-order chi connectivity index (χ1) is 8.65. The van der Waals surface area contributed by atoms with E-state index in [0.717, 1.165) is 16.7 Å². The van der Waals surface area contributed by atoms with Crippen molar-refractivity contribution < 1.29 is 14.9 Å². The number of phenols is 1. The second kappa shape index (κ2) is 3.71. The van der Waals surface area contributed by atoms with E-state index in [1.807, 2.05) is 13.0 Å². The SMILES string of the molecule is COc1c(O)ccc2c1-c1nccc(C)c1C2O. The maximum atomic E-state index is 10.3. The number of pyridine rings is 1. The van der Waals surface area contributed by atoms with Crippen molar-refractivity contribution in [3.05, 3.63) is 41.1 Å². The Kier molecular flexibility index (Phi) is 2.28. The van der Waals surface area contributed by atoms with Gasteiger partial charge in [-0.3, -0.25) is 4.98 Å². The van der Waals surface area contributed by atoms with Crippen LogP contribution < -0.4 is 4.74 Å². The van der Waals surface area contributed by atoms with Gasteiger partial charge in [-0.15, -0.1) is 0 Å². The van der Waals surface area contributed by atoms with Crippen molar-refractivity contribution >= 4 is 0 Å². The number of aromatic hydroxyl groups is 1. The molecule has 1 unspecified atom stereocenters. The Morgan fingerprint density at radius 3 is 2.78 bits per heavy atom. The summed E-state index contributed by atoms with van der Waals surface area (Å²) in [6.07, 6.45) is 0.984. The molecule has 0 bridgehead atoms. The van der Waals surface area contributed by atoms with Crippen molar-refractivity contribution in [1.29, 1.82) is 0 Å². The quantitative estimate of drug-likeness (QED) is 0.805. The number of aryl methyl sites for hydroxylation is 1. The number of aliphatic hydroxyl groups is 1. The van der Waals surface area contributed by atoms with Crippen LogP contribution in [0.2, 0.25) is 0 Å². The molecule has 3 rings (SSSR count). The van der Waals surface area contributed by atoms with Crippen molar-refractivity contribution in [2.75, 3.05) is 7.11 Å². The highest BCUT2D eigenvalue weighted by atomic mass is 16.5. The van der Waals surface area contributed by atoms with Gasteiger partial charge in [0.25, 0.3) is 0 Å². The number of rotatable bonds is 1. The van der Waals surface area contributed by atoms with Crippen LogP contribution in [-0.4, -0.2) is 22.3 Å². The van der Waals surface area contributed by atoms with Crippen molar-refractivity contribution in [3.63, 3.8) is 0 Å². The average Bonchev–Trinajstić information content (AvgIpc) is 2.65. The zero-order valence-electron chi connectivity index (χ0n) is 10.1. The minimum absolute atomic E-state index is 0.0552. The molecule has 2 N–H and O–H groups in total. The number of hydrogen-bond donors (Lipinski definition) is 2. The van der Waals surface area contributed by atoms with Gasteiger partial charge in [-0.2, -0.15) is 0 Å². The first-order valence-corrected chi connectivity index (χ1v) is 5.69. The molecule has 2 aromatic rings. The van der Waals surface area contributed by atoms with E-state index in [-0.39, 0.29) is 5.75 Å². The predicted molar refractivity (Wildman–Crippen MR) is 66.7 cm³/mol. The third kappa shape index (κ3) is 1.26. The third-order valence-corrected chi connectivity index (χ3v) is 3.39. The van der Waals surface area contributed by atoms with Gasteiger partial charge in [0.15, 0.2) is 11.5 Å². The summed E-state index contributed by atoms with van der Waals surface area (Å²) < 4.78 is 5.23. The van der Waals surface area contributed by atoms with E-state index in [0.29, 0.717) is 17.0 Å². The van der Waals surface area contributed by atoms with Gasteiger partial charge in [0.2, 0.25) is 0 Å². The summed E-state index contributed by atoms with van der Waals surface area (Å²) >= 11 is 0. The number of fused-ring (bicyclic) bond motifs is 3. The molecule has 1 atom stereocenters. The molecular formula is C14H13NO3. The number of nitrogens with zero attached hydrogens (tertiary/aromatic N) is 1. The molecule has 1 heterocycles. The molecule has 0 saturated heterocycles. The van der Waals surface area contributed by atoms with Crippen LogP contribution in [0.3, 0.4) is 0 Å². The van der Waals surface area contributed by atoms with Crippen molar-refractivity contribution in [3.8, 4) is 22.8 Å². The van der Waals surface area contributed by atoms with Crippen LogP contribution in [0.1, 0.15) is 22.8 Å². The fraction of sp³-hybridized carbons (Fsp3) is 0.214. The van der Waals surface area contributed by atoms with Crippen LogP contribution in [0, 0.1) is 6.92 Å². The molecule has 0 aliphatic heterocycles. The Morgan fingerprint density at radius 1 is 1.28 bits per heavy atom. The second-order valence-electron chi connectivity index (χ2n) is 4.37. The maximum absolute atomic E-state index is 10.3.